The smallest absolute Gasteiger partial charge is 0.256 e. The molecule has 0 aromatic heterocycles. The quantitative estimate of drug-likeness (QED) is 0.560. The third-order valence-corrected chi connectivity index (χ3v) is 6.20. The lowest BCUT2D eigenvalue weighted by Gasteiger charge is -2.36. The Hall–Kier alpha value is -3.32. The van der Waals surface area contributed by atoms with Crippen molar-refractivity contribution in [3.63, 3.8) is 0 Å². The molecule has 0 unspecified atom stereocenters. The topological polar surface area (TPSA) is 61.9 Å². The van der Waals surface area contributed by atoms with Crippen LogP contribution >= 0.6 is 15.9 Å². The maximum absolute atomic E-state index is 12.8. The molecule has 0 saturated carbocycles. The molecule has 7 heteroatoms. The molecule has 1 aliphatic rings. The van der Waals surface area contributed by atoms with Gasteiger partial charge in [-0.15, -0.1) is 0 Å². The number of ether oxygens (including phenoxy) is 1. The van der Waals surface area contributed by atoms with Crippen LogP contribution in [0.5, 0.6) is 5.75 Å². The van der Waals surface area contributed by atoms with E-state index in [9.17, 15) is 9.59 Å². The second kappa shape index (κ2) is 9.87. The molecule has 3 aromatic carbocycles. The van der Waals surface area contributed by atoms with Gasteiger partial charge in [0.25, 0.3) is 11.8 Å². The van der Waals surface area contributed by atoms with Crippen molar-refractivity contribution in [2.75, 3.05) is 43.5 Å². The number of rotatable bonds is 5. The van der Waals surface area contributed by atoms with Crippen molar-refractivity contribution in [3.05, 3.63) is 88.4 Å². The second-order valence-corrected chi connectivity index (χ2v) is 8.34. The zero-order valence-corrected chi connectivity index (χ0v) is 19.3. The lowest BCUT2D eigenvalue weighted by atomic mass is 10.1. The average Bonchev–Trinajstić information content (AvgIpc) is 2.84. The van der Waals surface area contributed by atoms with Crippen LogP contribution in [0.1, 0.15) is 20.7 Å². The van der Waals surface area contributed by atoms with Gasteiger partial charge in [0.1, 0.15) is 5.75 Å². The fourth-order valence-electron chi connectivity index (χ4n) is 3.68. The fourth-order valence-corrected chi connectivity index (χ4v) is 4.15. The molecule has 4 rings (SSSR count). The number of carbonyl (C=O) groups excluding carboxylic acids is 2. The van der Waals surface area contributed by atoms with Crippen LogP contribution in [0.4, 0.5) is 11.4 Å². The Labute approximate surface area is 195 Å². The molecular formula is C25H24BrN3O3. The summed E-state index contributed by atoms with van der Waals surface area (Å²) in [4.78, 5) is 29.4. The normalized spacial score (nSPS) is 13.6. The van der Waals surface area contributed by atoms with Crippen LogP contribution in [0.2, 0.25) is 0 Å². The van der Waals surface area contributed by atoms with Gasteiger partial charge in [0.05, 0.1) is 12.7 Å². The first-order valence-electron chi connectivity index (χ1n) is 10.4. The van der Waals surface area contributed by atoms with Crippen molar-refractivity contribution in [1.82, 2.24) is 4.90 Å². The number of hydrogen-bond donors (Lipinski definition) is 1. The molecule has 0 spiro atoms. The van der Waals surface area contributed by atoms with Crippen molar-refractivity contribution in [1.29, 1.82) is 0 Å². The molecule has 1 saturated heterocycles. The van der Waals surface area contributed by atoms with Gasteiger partial charge in [0.2, 0.25) is 0 Å². The molecule has 32 heavy (non-hydrogen) atoms. The van der Waals surface area contributed by atoms with Crippen molar-refractivity contribution >= 4 is 39.1 Å². The highest BCUT2D eigenvalue weighted by atomic mass is 79.9. The largest absolute Gasteiger partial charge is 0.497 e. The minimum atomic E-state index is -0.157. The standard InChI is InChI=1S/C25H24BrN3O3/c1-32-21-12-6-18(7-13-21)25(31)29-16-14-28(15-17-29)20-10-8-19(9-11-20)27-24(30)22-4-2-3-5-23(22)26/h2-13H,14-17H2,1H3,(H,27,30). The number of carbonyl (C=O) groups is 2. The van der Waals surface area contributed by atoms with Crippen molar-refractivity contribution in [2.45, 2.75) is 0 Å². The molecule has 0 atom stereocenters. The first kappa shape index (κ1) is 21.9. The van der Waals surface area contributed by atoms with Gasteiger partial charge in [-0.25, -0.2) is 0 Å². The van der Waals surface area contributed by atoms with Crippen molar-refractivity contribution in [3.8, 4) is 5.75 Å². The van der Waals surface area contributed by atoms with Crippen LogP contribution in [-0.2, 0) is 0 Å². The number of hydrogen-bond acceptors (Lipinski definition) is 4. The summed E-state index contributed by atoms with van der Waals surface area (Å²) in [6, 6.07) is 22.3. The summed E-state index contributed by atoms with van der Waals surface area (Å²) in [7, 11) is 1.61. The van der Waals surface area contributed by atoms with Gasteiger partial charge < -0.3 is 19.9 Å². The average molecular weight is 494 g/mol. The lowest BCUT2D eigenvalue weighted by Crippen LogP contribution is -2.48. The summed E-state index contributed by atoms with van der Waals surface area (Å²) in [6.07, 6.45) is 0. The van der Waals surface area contributed by atoms with Crippen LogP contribution in [0.15, 0.2) is 77.3 Å². The highest BCUT2D eigenvalue weighted by Crippen LogP contribution is 2.22. The molecule has 1 fully saturated rings. The highest BCUT2D eigenvalue weighted by molar-refractivity contribution is 9.10. The summed E-state index contributed by atoms with van der Waals surface area (Å²) in [5.41, 5.74) is 3.07. The van der Waals surface area contributed by atoms with Gasteiger partial charge in [0, 0.05) is 47.6 Å². The van der Waals surface area contributed by atoms with Gasteiger partial charge >= 0.3 is 0 Å². The molecule has 0 radical (unpaired) electrons. The van der Waals surface area contributed by atoms with Crippen LogP contribution in [0.25, 0.3) is 0 Å². The molecule has 1 heterocycles. The number of nitrogens with zero attached hydrogens (tertiary/aromatic N) is 2. The Morgan fingerprint density at radius 3 is 2.16 bits per heavy atom. The minimum absolute atomic E-state index is 0.0393. The van der Waals surface area contributed by atoms with E-state index in [0.29, 0.717) is 24.2 Å². The van der Waals surface area contributed by atoms with Gasteiger partial charge in [0.15, 0.2) is 0 Å². The maximum atomic E-state index is 12.8. The van der Waals surface area contributed by atoms with E-state index in [1.165, 1.54) is 0 Å². The predicted octanol–water partition coefficient (Wildman–Crippen LogP) is 4.67. The predicted molar refractivity (Wildman–Crippen MR) is 130 cm³/mol. The number of halogens is 1. The third-order valence-electron chi connectivity index (χ3n) is 5.51. The van der Waals surface area contributed by atoms with E-state index in [1.807, 2.05) is 47.4 Å². The highest BCUT2D eigenvalue weighted by Gasteiger charge is 2.22. The van der Waals surface area contributed by atoms with E-state index in [1.54, 1.807) is 37.4 Å². The Bertz CT molecular complexity index is 1090. The third kappa shape index (κ3) is 4.94. The first-order chi connectivity index (χ1) is 15.5. The molecule has 1 aliphatic heterocycles. The lowest BCUT2D eigenvalue weighted by molar-refractivity contribution is 0.0746. The number of methoxy groups -OCH3 is 1. The van der Waals surface area contributed by atoms with E-state index in [0.717, 1.165) is 34.7 Å². The van der Waals surface area contributed by atoms with Crippen LogP contribution in [0.3, 0.4) is 0 Å². The second-order valence-electron chi connectivity index (χ2n) is 7.49. The minimum Gasteiger partial charge on any atom is -0.497 e. The number of nitrogens with one attached hydrogen (secondary N) is 1. The maximum Gasteiger partial charge on any atom is 0.256 e. The Morgan fingerprint density at radius 2 is 1.53 bits per heavy atom. The van der Waals surface area contributed by atoms with Gasteiger partial charge in [-0.2, -0.15) is 0 Å². The van der Waals surface area contributed by atoms with E-state index in [-0.39, 0.29) is 11.8 Å². The summed E-state index contributed by atoms with van der Waals surface area (Å²) in [5.74, 6) is 0.621. The van der Waals surface area contributed by atoms with Crippen LogP contribution in [-0.4, -0.2) is 50.0 Å². The molecule has 1 N–H and O–H groups in total. The Morgan fingerprint density at radius 1 is 0.875 bits per heavy atom. The molecule has 0 aliphatic carbocycles. The SMILES string of the molecule is COc1ccc(C(=O)N2CCN(c3ccc(NC(=O)c4ccccc4Br)cc3)CC2)cc1. The molecule has 3 aromatic rings. The summed E-state index contributed by atoms with van der Waals surface area (Å²) < 4.78 is 5.92. The van der Waals surface area contributed by atoms with Crippen LogP contribution in [0, 0.1) is 0 Å². The van der Waals surface area contributed by atoms with Gasteiger partial charge in [-0.1, -0.05) is 12.1 Å². The zero-order chi connectivity index (χ0) is 22.5. The Balaban J connectivity index is 1.33. The first-order valence-corrected chi connectivity index (χ1v) is 11.2. The molecular weight excluding hydrogens is 470 g/mol. The number of amides is 2. The number of piperazine rings is 1. The van der Waals surface area contributed by atoms with E-state index in [2.05, 4.69) is 26.1 Å². The van der Waals surface area contributed by atoms with Crippen molar-refractivity contribution < 1.29 is 14.3 Å². The number of benzene rings is 3. The van der Waals surface area contributed by atoms with E-state index < -0.39 is 0 Å². The van der Waals surface area contributed by atoms with Crippen LogP contribution < -0.4 is 15.0 Å². The zero-order valence-electron chi connectivity index (χ0n) is 17.8. The van der Waals surface area contributed by atoms with Crippen molar-refractivity contribution in [2.24, 2.45) is 0 Å². The van der Waals surface area contributed by atoms with E-state index >= 15 is 0 Å². The molecule has 0 bridgehead atoms. The molecule has 2 amide bonds. The van der Waals surface area contributed by atoms with Gasteiger partial charge in [-0.05, 0) is 76.6 Å². The van der Waals surface area contributed by atoms with Gasteiger partial charge in [-0.3, -0.25) is 9.59 Å². The Kier molecular flexibility index (Phi) is 6.75. The monoisotopic (exact) mass is 493 g/mol. The van der Waals surface area contributed by atoms with E-state index in [4.69, 9.17) is 4.74 Å². The fraction of sp³-hybridized carbons (Fsp3) is 0.200. The summed E-state index contributed by atoms with van der Waals surface area (Å²) >= 11 is 3.41. The molecule has 164 valence electrons. The molecule has 6 nitrogen and oxygen atoms in total. The summed E-state index contributed by atoms with van der Waals surface area (Å²) in [6.45, 7) is 2.83. The number of anilines is 2. The summed E-state index contributed by atoms with van der Waals surface area (Å²) in [5, 5.41) is 2.93.